The van der Waals surface area contributed by atoms with Gasteiger partial charge in [0, 0.05) is 0 Å². The predicted molar refractivity (Wildman–Crippen MR) is 69.4 cm³/mol. The molecule has 0 unspecified atom stereocenters. The number of fused-ring (bicyclic) bond motifs is 1. The molecule has 21 heavy (non-hydrogen) atoms. The predicted octanol–water partition coefficient (Wildman–Crippen LogP) is -2.46. The number of hydrogen-bond donors (Lipinski definition) is 5. The van der Waals surface area contributed by atoms with Gasteiger partial charge in [-0.15, -0.1) is 5.10 Å². The van der Waals surface area contributed by atoms with E-state index in [0.29, 0.717) is 0 Å². The molecule has 0 aromatic carbocycles. The number of ether oxygens (including phenoxy) is 1. The summed E-state index contributed by atoms with van der Waals surface area (Å²) in [5.74, 6) is -0.122. The molecule has 10 heteroatoms. The van der Waals surface area contributed by atoms with Crippen LogP contribution in [0.15, 0.2) is 11.0 Å². The summed E-state index contributed by atoms with van der Waals surface area (Å²) in [6.07, 6.45) is -1.96. The minimum atomic E-state index is -1.68. The molecule has 2 aromatic heterocycles. The highest BCUT2D eigenvalue weighted by molar-refractivity contribution is 5.39. The topological polar surface area (TPSA) is 159 Å². The van der Waals surface area contributed by atoms with Crippen molar-refractivity contribution in [3.05, 3.63) is 22.2 Å². The molecule has 0 amide bonds. The molecular formula is C11H15N5O5. The number of nitrogen functional groups attached to an aromatic ring is 1. The van der Waals surface area contributed by atoms with Gasteiger partial charge in [-0.3, -0.25) is 9.78 Å². The lowest BCUT2D eigenvalue weighted by Gasteiger charge is -2.25. The molecular weight excluding hydrogens is 282 g/mol. The van der Waals surface area contributed by atoms with Crippen LogP contribution in [0.2, 0.25) is 0 Å². The summed E-state index contributed by atoms with van der Waals surface area (Å²) >= 11 is 0. The van der Waals surface area contributed by atoms with Crippen molar-refractivity contribution in [2.75, 3.05) is 12.3 Å². The van der Waals surface area contributed by atoms with Gasteiger partial charge in [-0.1, -0.05) is 0 Å². The average Bonchev–Trinajstić information content (AvgIpc) is 2.91. The summed E-state index contributed by atoms with van der Waals surface area (Å²) in [6, 6.07) is 0. The van der Waals surface area contributed by atoms with Gasteiger partial charge in [0.1, 0.15) is 23.9 Å². The van der Waals surface area contributed by atoms with E-state index in [2.05, 4.69) is 15.1 Å². The number of aliphatic hydroxyl groups excluding tert-OH is 2. The monoisotopic (exact) mass is 297 g/mol. The molecule has 6 N–H and O–H groups in total. The second-order valence-electron chi connectivity index (χ2n) is 5.17. The number of nitrogens with zero attached hydrogens (tertiary/aromatic N) is 3. The first-order chi connectivity index (χ1) is 9.86. The third-order valence-corrected chi connectivity index (χ3v) is 3.66. The maximum Gasteiger partial charge on any atom is 0.295 e. The second-order valence-corrected chi connectivity index (χ2v) is 5.17. The standard InChI is InChI=1S/C11H15N5O5/c1-11(20)6(18)5(3-17)21-7(11)4-2-13-8-9(19)14-10(12)15-16(4)8/h2,5-7,17-18,20H,3H2,1H3,(H3,12,14,15,19)/t5-,6-,7+,11-/m1/s1. The molecule has 1 aliphatic rings. The van der Waals surface area contributed by atoms with E-state index in [9.17, 15) is 20.1 Å². The molecule has 0 bridgehead atoms. The van der Waals surface area contributed by atoms with Gasteiger partial charge in [0.2, 0.25) is 11.6 Å². The Hall–Kier alpha value is -2.01. The van der Waals surface area contributed by atoms with Gasteiger partial charge in [-0.05, 0) is 6.92 Å². The number of nitrogens with one attached hydrogen (secondary N) is 1. The van der Waals surface area contributed by atoms with Crippen LogP contribution < -0.4 is 11.3 Å². The fourth-order valence-electron chi connectivity index (χ4n) is 2.53. The summed E-state index contributed by atoms with van der Waals surface area (Å²) in [5.41, 5.74) is 3.52. The Kier molecular flexibility index (Phi) is 2.99. The van der Waals surface area contributed by atoms with Crippen molar-refractivity contribution in [1.82, 2.24) is 19.6 Å². The number of aromatic nitrogens is 4. The van der Waals surface area contributed by atoms with Gasteiger partial charge in [0.05, 0.1) is 18.5 Å². The summed E-state index contributed by atoms with van der Waals surface area (Å²) in [5, 5.41) is 33.5. The van der Waals surface area contributed by atoms with Crippen LogP contribution in [0.1, 0.15) is 18.7 Å². The van der Waals surface area contributed by atoms with E-state index in [-0.39, 0.29) is 17.3 Å². The highest BCUT2D eigenvalue weighted by atomic mass is 16.6. The summed E-state index contributed by atoms with van der Waals surface area (Å²) in [4.78, 5) is 17.9. The van der Waals surface area contributed by atoms with Gasteiger partial charge in [0.15, 0.2) is 0 Å². The lowest BCUT2D eigenvalue weighted by molar-refractivity contribution is -0.0665. The molecule has 114 valence electrons. The zero-order valence-electron chi connectivity index (χ0n) is 11.1. The first-order valence-corrected chi connectivity index (χ1v) is 6.26. The number of rotatable bonds is 2. The van der Waals surface area contributed by atoms with Gasteiger partial charge in [0.25, 0.3) is 5.56 Å². The first-order valence-electron chi connectivity index (χ1n) is 6.26. The number of aliphatic hydroxyl groups is 3. The Morgan fingerprint density at radius 2 is 2.33 bits per heavy atom. The van der Waals surface area contributed by atoms with Crippen LogP contribution >= 0.6 is 0 Å². The molecule has 3 heterocycles. The number of anilines is 1. The van der Waals surface area contributed by atoms with Gasteiger partial charge < -0.3 is 25.8 Å². The number of imidazole rings is 1. The van der Waals surface area contributed by atoms with E-state index in [1.165, 1.54) is 13.1 Å². The highest BCUT2D eigenvalue weighted by Gasteiger charge is 2.53. The maximum atomic E-state index is 11.7. The van der Waals surface area contributed by atoms with Crippen molar-refractivity contribution >= 4 is 11.6 Å². The van der Waals surface area contributed by atoms with Crippen LogP contribution in [-0.2, 0) is 4.74 Å². The molecule has 1 saturated heterocycles. The minimum Gasteiger partial charge on any atom is -0.394 e. The third-order valence-electron chi connectivity index (χ3n) is 3.66. The van der Waals surface area contributed by atoms with E-state index < -0.39 is 36.1 Å². The third kappa shape index (κ3) is 1.92. The normalized spacial score (nSPS) is 32.9. The molecule has 0 aliphatic carbocycles. The first kappa shape index (κ1) is 13.9. The van der Waals surface area contributed by atoms with Crippen molar-refractivity contribution < 1.29 is 20.1 Å². The number of hydrogen-bond acceptors (Lipinski definition) is 8. The Labute approximate surface area is 117 Å². The van der Waals surface area contributed by atoms with E-state index in [4.69, 9.17) is 10.5 Å². The minimum absolute atomic E-state index is 0.0134. The largest absolute Gasteiger partial charge is 0.394 e. The summed E-state index contributed by atoms with van der Waals surface area (Å²) < 4.78 is 6.62. The van der Waals surface area contributed by atoms with Gasteiger partial charge in [-0.2, -0.15) is 0 Å². The van der Waals surface area contributed by atoms with E-state index in [1.54, 1.807) is 0 Å². The fraction of sp³-hybridized carbons (Fsp3) is 0.545. The van der Waals surface area contributed by atoms with Crippen molar-refractivity contribution in [3.63, 3.8) is 0 Å². The molecule has 4 atom stereocenters. The Bertz CT molecular complexity index is 738. The number of aromatic amines is 1. The van der Waals surface area contributed by atoms with E-state index in [1.807, 2.05) is 0 Å². The number of nitrogens with two attached hydrogens (primary N) is 1. The molecule has 2 aromatic rings. The van der Waals surface area contributed by atoms with Crippen LogP contribution in [0.3, 0.4) is 0 Å². The molecule has 1 fully saturated rings. The van der Waals surface area contributed by atoms with Gasteiger partial charge >= 0.3 is 0 Å². The quantitative estimate of drug-likeness (QED) is 0.408. The van der Waals surface area contributed by atoms with E-state index in [0.717, 1.165) is 4.52 Å². The van der Waals surface area contributed by atoms with Crippen LogP contribution in [0.5, 0.6) is 0 Å². The van der Waals surface area contributed by atoms with Crippen LogP contribution in [0, 0.1) is 0 Å². The SMILES string of the molecule is C[C@@]1(O)[C@H](O)[C@@H](CO)O[C@H]1c1cnc2c(=O)[nH]c(N)nn12. The number of H-pyrrole nitrogens is 1. The van der Waals surface area contributed by atoms with Crippen LogP contribution in [0.25, 0.3) is 5.65 Å². The maximum absolute atomic E-state index is 11.7. The Morgan fingerprint density at radius 1 is 1.62 bits per heavy atom. The van der Waals surface area contributed by atoms with Crippen molar-refractivity contribution in [3.8, 4) is 0 Å². The molecule has 3 rings (SSSR count). The smallest absolute Gasteiger partial charge is 0.295 e. The average molecular weight is 297 g/mol. The van der Waals surface area contributed by atoms with Crippen molar-refractivity contribution in [1.29, 1.82) is 0 Å². The molecule has 10 nitrogen and oxygen atoms in total. The zero-order valence-corrected chi connectivity index (χ0v) is 11.1. The Morgan fingerprint density at radius 3 is 2.95 bits per heavy atom. The zero-order chi connectivity index (χ0) is 15.4. The summed E-state index contributed by atoms with van der Waals surface area (Å²) in [7, 11) is 0. The Balaban J connectivity index is 2.15. The second kappa shape index (κ2) is 4.49. The van der Waals surface area contributed by atoms with Crippen molar-refractivity contribution in [2.45, 2.75) is 30.8 Å². The molecule has 0 saturated carbocycles. The lowest BCUT2D eigenvalue weighted by atomic mass is 9.91. The lowest BCUT2D eigenvalue weighted by Crippen LogP contribution is -2.43. The summed E-state index contributed by atoms with van der Waals surface area (Å²) in [6.45, 7) is 0.911. The van der Waals surface area contributed by atoms with Crippen molar-refractivity contribution in [2.24, 2.45) is 0 Å². The molecule has 0 radical (unpaired) electrons. The molecule has 0 spiro atoms. The van der Waals surface area contributed by atoms with Crippen LogP contribution in [0.4, 0.5) is 5.95 Å². The van der Waals surface area contributed by atoms with Crippen LogP contribution in [-0.4, -0.2) is 59.3 Å². The molecule has 1 aliphatic heterocycles. The van der Waals surface area contributed by atoms with E-state index >= 15 is 0 Å². The van der Waals surface area contributed by atoms with Gasteiger partial charge in [-0.25, -0.2) is 9.50 Å². The highest BCUT2D eigenvalue weighted by Crippen LogP contribution is 2.41. The fourth-order valence-corrected chi connectivity index (χ4v) is 2.53.